The molecule has 0 radical (unpaired) electrons. The Morgan fingerprint density at radius 1 is 1.35 bits per heavy atom. The number of nitrogens with one attached hydrogen (secondary N) is 2. The maximum atomic E-state index is 13.5. The van der Waals surface area contributed by atoms with Gasteiger partial charge < -0.3 is 10.6 Å². The molecular formula is C11H10BrFN4. The van der Waals surface area contributed by atoms with Crippen LogP contribution in [0.4, 0.5) is 21.8 Å². The van der Waals surface area contributed by atoms with Gasteiger partial charge in [0, 0.05) is 17.2 Å². The van der Waals surface area contributed by atoms with Crippen LogP contribution in [0.1, 0.15) is 0 Å². The maximum Gasteiger partial charge on any atom is 0.224 e. The molecule has 2 N–H and O–H groups in total. The van der Waals surface area contributed by atoms with Crippen molar-refractivity contribution < 1.29 is 4.39 Å². The van der Waals surface area contributed by atoms with Gasteiger partial charge in [-0.2, -0.15) is 4.98 Å². The lowest BCUT2D eigenvalue weighted by molar-refractivity contribution is 0.619. The van der Waals surface area contributed by atoms with Crippen molar-refractivity contribution in [3.05, 3.63) is 40.8 Å². The quantitative estimate of drug-likeness (QED) is 0.913. The number of rotatable bonds is 3. The summed E-state index contributed by atoms with van der Waals surface area (Å²) in [5.74, 6) is 0.00956. The highest BCUT2D eigenvalue weighted by molar-refractivity contribution is 9.10. The van der Waals surface area contributed by atoms with Crippen molar-refractivity contribution in [1.82, 2.24) is 9.97 Å². The molecule has 0 aliphatic rings. The number of anilines is 3. The van der Waals surface area contributed by atoms with E-state index in [1.54, 1.807) is 7.05 Å². The Hall–Kier alpha value is -1.69. The van der Waals surface area contributed by atoms with Crippen LogP contribution in [0.5, 0.6) is 0 Å². The normalized spacial score (nSPS) is 10.1. The second-order valence-electron chi connectivity index (χ2n) is 3.28. The van der Waals surface area contributed by atoms with Crippen LogP contribution >= 0.6 is 15.9 Å². The summed E-state index contributed by atoms with van der Waals surface area (Å²) in [7, 11) is 1.68. The van der Waals surface area contributed by atoms with Crippen molar-refractivity contribution in [3.63, 3.8) is 0 Å². The molecular weight excluding hydrogens is 287 g/mol. The first kappa shape index (κ1) is 11.8. The smallest absolute Gasteiger partial charge is 0.224 e. The van der Waals surface area contributed by atoms with Gasteiger partial charge in [-0.15, -0.1) is 0 Å². The molecule has 0 aliphatic carbocycles. The third kappa shape index (κ3) is 2.91. The second kappa shape index (κ2) is 5.09. The van der Waals surface area contributed by atoms with E-state index < -0.39 is 5.82 Å². The summed E-state index contributed by atoms with van der Waals surface area (Å²) in [6.07, 6.45) is 1.12. The number of hydrogen-bond donors (Lipinski definition) is 2. The van der Waals surface area contributed by atoms with E-state index in [-0.39, 0.29) is 5.82 Å². The number of nitrogens with zero attached hydrogens (tertiary/aromatic N) is 2. The van der Waals surface area contributed by atoms with Gasteiger partial charge in [0.15, 0.2) is 11.6 Å². The number of aromatic nitrogens is 2. The molecule has 0 unspecified atom stereocenters. The lowest BCUT2D eigenvalue weighted by Gasteiger charge is -2.08. The number of benzene rings is 1. The van der Waals surface area contributed by atoms with Crippen LogP contribution < -0.4 is 10.6 Å². The zero-order valence-corrected chi connectivity index (χ0v) is 10.6. The van der Waals surface area contributed by atoms with Gasteiger partial charge in [0.1, 0.15) is 0 Å². The lowest BCUT2D eigenvalue weighted by atomic mass is 10.3. The maximum absolute atomic E-state index is 13.5. The molecule has 0 saturated heterocycles. The zero-order valence-electron chi connectivity index (χ0n) is 9.04. The van der Waals surface area contributed by atoms with E-state index in [0.717, 1.165) is 16.4 Å². The molecule has 0 aliphatic heterocycles. The Morgan fingerprint density at radius 2 is 2.18 bits per heavy atom. The summed E-state index contributed by atoms with van der Waals surface area (Å²) in [4.78, 5) is 7.76. The van der Waals surface area contributed by atoms with Crippen LogP contribution in [0, 0.1) is 5.82 Å². The first-order valence-electron chi connectivity index (χ1n) is 4.92. The monoisotopic (exact) mass is 296 g/mol. The standard InChI is InChI=1S/C11H10BrFN4/c1-14-11-15-6-9(13)10(17-11)16-8-4-2-3-7(12)5-8/h2-6H,1H3,(H2,14,15,16,17). The molecule has 1 heterocycles. The fourth-order valence-electron chi connectivity index (χ4n) is 1.28. The summed E-state index contributed by atoms with van der Waals surface area (Å²) in [5, 5.41) is 5.65. The van der Waals surface area contributed by atoms with Crippen LogP contribution in [-0.2, 0) is 0 Å². The molecule has 0 bridgehead atoms. The highest BCUT2D eigenvalue weighted by Crippen LogP contribution is 2.21. The topological polar surface area (TPSA) is 49.8 Å². The minimum absolute atomic E-state index is 0.141. The summed E-state index contributed by atoms with van der Waals surface area (Å²) in [5.41, 5.74) is 0.749. The average Bonchev–Trinajstić information content (AvgIpc) is 2.32. The molecule has 0 fully saturated rings. The third-order valence-corrected chi connectivity index (χ3v) is 2.55. The fourth-order valence-corrected chi connectivity index (χ4v) is 1.68. The Bertz CT molecular complexity index is 533. The van der Waals surface area contributed by atoms with Crippen LogP contribution in [0.15, 0.2) is 34.9 Å². The molecule has 0 spiro atoms. The Morgan fingerprint density at radius 3 is 2.88 bits per heavy atom. The largest absolute Gasteiger partial charge is 0.357 e. The van der Waals surface area contributed by atoms with Crippen molar-refractivity contribution in [3.8, 4) is 0 Å². The second-order valence-corrected chi connectivity index (χ2v) is 4.19. The molecule has 1 aromatic heterocycles. The van der Waals surface area contributed by atoms with Gasteiger partial charge in [0.25, 0.3) is 0 Å². The molecule has 0 amide bonds. The van der Waals surface area contributed by atoms with Gasteiger partial charge in [-0.1, -0.05) is 22.0 Å². The molecule has 2 rings (SSSR count). The van der Waals surface area contributed by atoms with Crippen molar-refractivity contribution in [1.29, 1.82) is 0 Å². The highest BCUT2D eigenvalue weighted by atomic mass is 79.9. The van der Waals surface area contributed by atoms with E-state index in [0.29, 0.717) is 5.95 Å². The van der Waals surface area contributed by atoms with E-state index in [1.165, 1.54) is 0 Å². The van der Waals surface area contributed by atoms with Gasteiger partial charge in [0.05, 0.1) is 6.20 Å². The Balaban J connectivity index is 2.29. The van der Waals surface area contributed by atoms with Crippen molar-refractivity contribution in [2.75, 3.05) is 17.7 Å². The van der Waals surface area contributed by atoms with Crippen LogP contribution in [0.3, 0.4) is 0 Å². The van der Waals surface area contributed by atoms with Gasteiger partial charge in [0.2, 0.25) is 5.95 Å². The Labute approximate surface area is 106 Å². The minimum Gasteiger partial charge on any atom is -0.357 e. The zero-order chi connectivity index (χ0) is 12.3. The van der Waals surface area contributed by atoms with E-state index >= 15 is 0 Å². The van der Waals surface area contributed by atoms with Gasteiger partial charge >= 0.3 is 0 Å². The fraction of sp³-hybridized carbons (Fsp3) is 0.0909. The van der Waals surface area contributed by atoms with Crippen molar-refractivity contribution in [2.45, 2.75) is 0 Å². The van der Waals surface area contributed by atoms with Crippen molar-refractivity contribution in [2.24, 2.45) is 0 Å². The Kier molecular flexibility index (Phi) is 3.53. The highest BCUT2D eigenvalue weighted by Gasteiger charge is 2.06. The molecule has 17 heavy (non-hydrogen) atoms. The van der Waals surface area contributed by atoms with E-state index in [4.69, 9.17) is 0 Å². The SMILES string of the molecule is CNc1ncc(F)c(Nc2cccc(Br)c2)n1. The van der Waals surface area contributed by atoms with Crippen molar-refractivity contribution >= 4 is 33.4 Å². The summed E-state index contributed by atoms with van der Waals surface area (Å²) < 4.78 is 14.4. The van der Waals surface area contributed by atoms with Crippen LogP contribution in [0.2, 0.25) is 0 Å². The van der Waals surface area contributed by atoms with Crippen LogP contribution in [-0.4, -0.2) is 17.0 Å². The molecule has 4 nitrogen and oxygen atoms in total. The molecule has 0 saturated carbocycles. The predicted octanol–water partition coefficient (Wildman–Crippen LogP) is 3.16. The van der Waals surface area contributed by atoms with Crippen LogP contribution in [0.25, 0.3) is 0 Å². The molecule has 1 aromatic carbocycles. The molecule has 0 atom stereocenters. The van der Waals surface area contributed by atoms with E-state index in [9.17, 15) is 4.39 Å². The van der Waals surface area contributed by atoms with E-state index in [2.05, 4.69) is 36.5 Å². The van der Waals surface area contributed by atoms with Gasteiger partial charge in [-0.25, -0.2) is 9.37 Å². The lowest BCUT2D eigenvalue weighted by Crippen LogP contribution is -2.02. The molecule has 6 heteroatoms. The summed E-state index contributed by atoms with van der Waals surface area (Å²) in [6.45, 7) is 0. The van der Waals surface area contributed by atoms with E-state index in [1.807, 2.05) is 24.3 Å². The van der Waals surface area contributed by atoms with Gasteiger partial charge in [-0.05, 0) is 18.2 Å². The summed E-state index contributed by atoms with van der Waals surface area (Å²) in [6, 6.07) is 7.40. The first-order chi connectivity index (χ1) is 8.19. The molecule has 88 valence electrons. The summed E-state index contributed by atoms with van der Waals surface area (Å²) >= 11 is 3.34. The minimum atomic E-state index is -0.496. The predicted molar refractivity (Wildman–Crippen MR) is 69.0 cm³/mol. The number of halogens is 2. The first-order valence-corrected chi connectivity index (χ1v) is 5.71. The molecule has 2 aromatic rings. The average molecular weight is 297 g/mol. The third-order valence-electron chi connectivity index (χ3n) is 2.06. The number of hydrogen-bond acceptors (Lipinski definition) is 4. The van der Waals surface area contributed by atoms with Gasteiger partial charge in [-0.3, -0.25) is 0 Å².